The SMILES string of the molecule is CCCC(N)C(=O)OC1CCN(C)CC1. The van der Waals surface area contributed by atoms with E-state index in [0.717, 1.165) is 32.4 Å². The van der Waals surface area contributed by atoms with Crippen LogP contribution in [0.1, 0.15) is 32.6 Å². The van der Waals surface area contributed by atoms with Gasteiger partial charge in [-0.25, -0.2) is 0 Å². The zero-order valence-electron chi connectivity index (χ0n) is 9.74. The topological polar surface area (TPSA) is 55.6 Å². The molecule has 15 heavy (non-hydrogen) atoms. The zero-order chi connectivity index (χ0) is 11.3. The third-order valence-electron chi connectivity index (χ3n) is 2.85. The third kappa shape index (κ3) is 4.18. The summed E-state index contributed by atoms with van der Waals surface area (Å²) < 4.78 is 5.36. The fourth-order valence-electron chi connectivity index (χ4n) is 1.78. The van der Waals surface area contributed by atoms with E-state index in [1.165, 1.54) is 0 Å². The Bertz CT molecular complexity index is 201. The van der Waals surface area contributed by atoms with Crippen molar-refractivity contribution in [3.63, 3.8) is 0 Å². The van der Waals surface area contributed by atoms with Gasteiger partial charge in [0.05, 0.1) is 0 Å². The number of carbonyl (C=O) groups excluding carboxylic acids is 1. The van der Waals surface area contributed by atoms with Gasteiger partial charge in [0, 0.05) is 13.1 Å². The van der Waals surface area contributed by atoms with E-state index in [9.17, 15) is 4.79 Å². The Morgan fingerprint density at radius 2 is 2.13 bits per heavy atom. The average Bonchev–Trinajstić information content (AvgIpc) is 2.22. The molecule has 4 heteroatoms. The fraction of sp³-hybridized carbons (Fsp3) is 0.909. The molecule has 0 bridgehead atoms. The van der Waals surface area contributed by atoms with Gasteiger partial charge in [0.25, 0.3) is 0 Å². The molecule has 0 saturated carbocycles. The lowest BCUT2D eigenvalue weighted by Gasteiger charge is -2.29. The number of hydrogen-bond donors (Lipinski definition) is 1. The maximum absolute atomic E-state index is 11.5. The number of esters is 1. The molecule has 1 aliphatic rings. The van der Waals surface area contributed by atoms with Crippen LogP contribution in [0.5, 0.6) is 0 Å². The predicted molar refractivity (Wildman–Crippen MR) is 59.5 cm³/mol. The molecule has 88 valence electrons. The van der Waals surface area contributed by atoms with Gasteiger partial charge in [-0.15, -0.1) is 0 Å². The molecule has 0 aromatic carbocycles. The summed E-state index contributed by atoms with van der Waals surface area (Å²) >= 11 is 0. The minimum absolute atomic E-state index is 0.0802. The van der Waals surface area contributed by atoms with E-state index in [1.807, 2.05) is 6.92 Å². The highest BCUT2D eigenvalue weighted by molar-refractivity contribution is 5.75. The minimum Gasteiger partial charge on any atom is -0.461 e. The van der Waals surface area contributed by atoms with Gasteiger partial charge < -0.3 is 15.4 Å². The quantitative estimate of drug-likeness (QED) is 0.702. The summed E-state index contributed by atoms with van der Waals surface area (Å²) in [5.74, 6) is -0.230. The smallest absolute Gasteiger partial charge is 0.323 e. The standard InChI is InChI=1S/C11H22N2O2/c1-3-4-10(12)11(14)15-9-5-7-13(2)8-6-9/h9-10H,3-8,12H2,1-2H3. The molecule has 0 radical (unpaired) electrons. The van der Waals surface area contributed by atoms with E-state index in [-0.39, 0.29) is 12.1 Å². The van der Waals surface area contributed by atoms with E-state index >= 15 is 0 Å². The van der Waals surface area contributed by atoms with Gasteiger partial charge in [0.1, 0.15) is 12.1 Å². The molecule has 1 heterocycles. The van der Waals surface area contributed by atoms with Crippen LogP contribution >= 0.6 is 0 Å². The molecule has 0 aromatic rings. The first-order valence-electron chi connectivity index (χ1n) is 5.78. The lowest BCUT2D eigenvalue weighted by Crippen LogP contribution is -2.39. The van der Waals surface area contributed by atoms with Crippen molar-refractivity contribution in [2.75, 3.05) is 20.1 Å². The lowest BCUT2D eigenvalue weighted by molar-refractivity contribution is -0.152. The molecule has 1 atom stereocenters. The number of rotatable bonds is 4. The van der Waals surface area contributed by atoms with Crippen molar-refractivity contribution in [3.8, 4) is 0 Å². The minimum atomic E-state index is -0.436. The fourth-order valence-corrected chi connectivity index (χ4v) is 1.78. The number of hydrogen-bond acceptors (Lipinski definition) is 4. The number of likely N-dealkylation sites (tertiary alicyclic amines) is 1. The van der Waals surface area contributed by atoms with Gasteiger partial charge in [0.2, 0.25) is 0 Å². The molecule has 1 aliphatic heterocycles. The molecule has 0 aliphatic carbocycles. The molecule has 1 fully saturated rings. The first kappa shape index (κ1) is 12.5. The van der Waals surface area contributed by atoms with Crippen LogP contribution in [0.3, 0.4) is 0 Å². The summed E-state index contributed by atoms with van der Waals surface area (Å²) in [7, 11) is 2.08. The second-order valence-corrected chi connectivity index (χ2v) is 4.33. The number of ether oxygens (including phenoxy) is 1. The Balaban J connectivity index is 2.25. The highest BCUT2D eigenvalue weighted by Gasteiger charge is 2.22. The molecule has 0 spiro atoms. The maximum atomic E-state index is 11.5. The van der Waals surface area contributed by atoms with Gasteiger partial charge in [-0.2, -0.15) is 0 Å². The van der Waals surface area contributed by atoms with E-state index in [1.54, 1.807) is 0 Å². The first-order chi connectivity index (χ1) is 7.13. The molecule has 1 unspecified atom stereocenters. The van der Waals surface area contributed by atoms with Crippen molar-refractivity contribution in [2.45, 2.75) is 44.8 Å². The van der Waals surface area contributed by atoms with Crippen molar-refractivity contribution >= 4 is 5.97 Å². The number of piperidine rings is 1. The normalized spacial score (nSPS) is 21.3. The highest BCUT2D eigenvalue weighted by atomic mass is 16.5. The maximum Gasteiger partial charge on any atom is 0.323 e. The molecule has 4 nitrogen and oxygen atoms in total. The van der Waals surface area contributed by atoms with Gasteiger partial charge >= 0.3 is 5.97 Å². The van der Waals surface area contributed by atoms with Crippen LogP contribution in [-0.4, -0.2) is 43.2 Å². The molecule has 1 saturated heterocycles. The summed E-state index contributed by atoms with van der Waals surface area (Å²) in [6.45, 7) is 4.02. The van der Waals surface area contributed by atoms with E-state index in [2.05, 4.69) is 11.9 Å². The van der Waals surface area contributed by atoms with Gasteiger partial charge in [-0.05, 0) is 26.3 Å². The molecule has 2 N–H and O–H groups in total. The van der Waals surface area contributed by atoms with Crippen LogP contribution in [0.25, 0.3) is 0 Å². The van der Waals surface area contributed by atoms with Crippen molar-refractivity contribution in [1.82, 2.24) is 4.90 Å². The van der Waals surface area contributed by atoms with E-state index in [0.29, 0.717) is 6.42 Å². The largest absolute Gasteiger partial charge is 0.461 e. The van der Waals surface area contributed by atoms with E-state index < -0.39 is 6.04 Å². The molecular formula is C11H22N2O2. The Kier molecular flexibility index (Phi) is 5.05. The summed E-state index contributed by atoms with van der Waals surface area (Å²) in [6, 6.07) is -0.436. The summed E-state index contributed by atoms with van der Waals surface area (Å²) in [6.07, 6.45) is 3.58. The van der Waals surface area contributed by atoms with Gasteiger partial charge in [-0.3, -0.25) is 4.79 Å². The molecule has 0 amide bonds. The summed E-state index contributed by atoms with van der Waals surface area (Å²) in [4.78, 5) is 13.8. The molecule has 0 aromatic heterocycles. The second kappa shape index (κ2) is 6.08. The van der Waals surface area contributed by atoms with Crippen LogP contribution in [0, 0.1) is 0 Å². The predicted octanol–water partition coefficient (Wildman–Crippen LogP) is 0.751. The molecular weight excluding hydrogens is 192 g/mol. The van der Waals surface area contributed by atoms with Crippen molar-refractivity contribution in [2.24, 2.45) is 5.73 Å². The summed E-state index contributed by atoms with van der Waals surface area (Å²) in [5.41, 5.74) is 5.69. The van der Waals surface area contributed by atoms with Crippen molar-refractivity contribution < 1.29 is 9.53 Å². The average molecular weight is 214 g/mol. The van der Waals surface area contributed by atoms with Crippen LogP contribution in [0.15, 0.2) is 0 Å². The second-order valence-electron chi connectivity index (χ2n) is 4.33. The van der Waals surface area contributed by atoms with Crippen LogP contribution in [-0.2, 0) is 9.53 Å². The Labute approximate surface area is 91.8 Å². The Hall–Kier alpha value is -0.610. The van der Waals surface area contributed by atoms with Crippen LogP contribution < -0.4 is 5.73 Å². The van der Waals surface area contributed by atoms with Gasteiger partial charge in [-0.1, -0.05) is 13.3 Å². The van der Waals surface area contributed by atoms with Crippen molar-refractivity contribution in [3.05, 3.63) is 0 Å². The van der Waals surface area contributed by atoms with Crippen LogP contribution in [0.4, 0.5) is 0 Å². The lowest BCUT2D eigenvalue weighted by atomic mass is 10.1. The first-order valence-corrected chi connectivity index (χ1v) is 5.78. The Morgan fingerprint density at radius 3 is 2.67 bits per heavy atom. The number of nitrogens with zero attached hydrogens (tertiary/aromatic N) is 1. The number of carbonyl (C=O) groups is 1. The van der Waals surface area contributed by atoms with Crippen molar-refractivity contribution in [1.29, 1.82) is 0 Å². The van der Waals surface area contributed by atoms with E-state index in [4.69, 9.17) is 10.5 Å². The van der Waals surface area contributed by atoms with Gasteiger partial charge in [0.15, 0.2) is 0 Å². The van der Waals surface area contributed by atoms with Crippen LogP contribution in [0.2, 0.25) is 0 Å². The summed E-state index contributed by atoms with van der Waals surface area (Å²) in [5, 5.41) is 0. The Morgan fingerprint density at radius 1 is 1.53 bits per heavy atom. The zero-order valence-corrected chi connectivity index (χ0v) is 9.74. The third-order valence-corrected chi connectivity index (χ3v) is 2.85. The number of nitrogens with two attached hydrogens (primary N) is 1. The monoisotopic (exact) mass is 214 g/mol. The highest BCUT2D eigenvalue weighted by Crippen LogP contribution is 2.13. The molecule has 1 rings (SSSR count).